The van der Waals surface area contributed by atoms with Crippen molar-refractivity contribution in [3.8, 4) is 0 Å². The number of rotatable bonds is 5. The van der Waals surface area contributed by atoms with E-state index in [4.69, 9.17) is 0 Å². The van der Waals surface area contributed by atoms with Crippen LogP contribution < -0.4 is 16.0 Å². The lowest BCUT2D eigenvalue weighted by atomic mass is 10.1. The van der Waals surface area contributed by atoms with E-state index in [9.17, 15) is 9.59 Å². The topological polar surface area (TPSA) is 70.2 Å². The van der Waals surface area contributed by atoms with Crippen molar-refractivity contribution in [2.45, 2.75) is 6.42 Å². The molecule has 0 heterocycles. The molecule has 2 amide bonds. The normalized spacial score (nSPS) is 9.76. The molecular weight excluding hydrogens is 218 g/mol. The van der Waals surface area contributed by atoms with Gasteiger partial charge in [0.25, 0.3) is 0 Å². The maximum Gasteiger partial charge on any atom is 0.238 e. The first kappa shape index (κ1) is 13.2. The molecule has 0 saturated carbocycles. The second kappa shape index (κ2) is 6.65. The molecule has 3 N–H and O–H groups in total. The van der Waals surface area contributed by atoms with Gasteiger partial charge in [0.05, 0.1) is 13.0 Å². The summed E-state index contributed by atoms with van der Waals surface area (Å²) in [6.45, 7) is 0.244. The molecule has 0 aliphatic heterocycles. The van der Waals surface area contributed by atoms with Crippen molar-refractivity contribution in [2.75, 3.05) is 26.0 Å². The van der Waals surface area contributed by atoms with Crippen LogP contribution in [-0.4, -0.2) is 32.5 Å². The Balaban J connectivity index is 2.77. The molecule has 0 bridgehead atoms. The number of benzene rings is 1. The van der Waals surface area contributed by atoms with E-state index in [-0.39, 0.29) is 24.8 Å². The fourth-order valence-electron chi connectivity index (χ4n) is 1.41. The van der Waals surface area contributed by atoms with E-state index < -0.39 is 0 Å². The van der Waals surface area contributed by atoms with Crippen LogP contribution in [0.5, 0.6) is 0 Å². The summed E-state index contributed by atoms with van der Waals surface area (Å²) in [7, 11) is 3.29. The van der Waals surface area contributed by atoms with E-state index in [1.54, 1.807) is 20.2 Å². The Hall–Kier alpha value is -1.88. The molecule has 1 rings (SSSR count). The average Bonchev–Trinajstić information content (AvgIpc) is 2.31. The number of hydrogen-bond donors (Lipinski definition) is 3. The minimum absolute atomic E-state index is 0.0830. The molecule has 1 aromatic carbocycles. The van der Waals surface area contributed by atoms with Gasteiger partial charge in [-0.1, -0.05) is 18.2 Å². The first-order chi connectivity index (χ1) is 8.17. The van der Waals surface area contributed by atoms with Gasteiger partial charge >= 0.3 is 0 Å². The third-order valence-electron chi connectivity index (χ3n) is 2.26. The van der Waals surface area contributed by atoms with Crippen LogP contribution in [0.25, 0.3) is 0 Å². The van der Waals surface area contributed by atoms with Gasteiger partial charge in [-0.3, -0.25) is 9.59 Å². The monoisotopic (exact) mass is 235 g/mol. The fraction of sp³-hybridized carbons (Fsp3) is 0.333. The zero-order valence-electron chi connectivity index (χ0n) is 10.0. The van der Waals surface area contributed by atoms with Gasteiger partial charge in [0.15, 0.2) is 0 Å². The predicted molar refractivity (Wildman–Crippen MR) is 66.8 cm³/mol. The van der Waals surface area contributed by atoms with Crippen LogP contribution in [0.2, 0.25) is 0 Å². The highest BCUT2D eigenvalue weighted by atomic mass is 16.2. The van der Waals surface area contributed by atoms with Crippen molar-refractivity contribution >= 4 is 17.5 Å². The molecule has 5 heteroatoms. The van der Waals surface area contributed by atoms with Gasteiger partial charge in [-0.2, -0.15) is 0 Å². The van der Waals surface area contributed by atoms with Crippen LogP contribution in [0.4, 0.5) is 5.69 Å². The maximum atomic E-state index is 11.4. The molecule has 0 aliphatic carbocycles. The smallest absolute Gasteiger partial charge is 0.238 e. The third-order valence-corrected chi connectivity index (χ3v) is 2.26. The number of hydrogen-bond acceptors (Lipinski definition) is 3. The lowest BCUT2D eigenvalue weighted by Crippen LogP contribution is -2.26. The number of nitrogens with one attached hydrogen (secondary N) is 3. The minimum atomic E-state index is -0.128. The zero-order valence-corrected chi connectivity index (χ0v) is 10.0. The molecule has 0 aliphatic rings. The van der Waals surface area contributed by atoms with E-state index in [1.807, 2.05) is 18.2 Å². The largest absolute Gasteiger partial charge is 0.359 e. The Morgan fingerprint density at radius 1 is 1.12 bits per heavy atom. The van der Waals surface area contributed by atoms with E-state index >= 15 is 0 Å². The molecule has 17 heavy (non-hydrogen) atoms. The lowest BCUT2D eigenvalue weighted by Gasteiger charge is -2.10. The minimum Gasteiger partial charge on any atom is -0.359 e. The summed E-state index contributed by atoms with van der Waals surface area (Å²) in [5.74, 6) is -0.211. The second-order valence-corrected chi connectivity index (χ2v) is 3.59. The van der Waals surface area contributed by atoms with Crippen LogP contribution >= 0.6 is 0 Å². The van der Waals surface area contributed by atoms with E-state index in [2.05, 4.69) is 16.0 Å². The molecule has 0 aromatic heterocycles. The Bertz CT molecular complexity index is 404. The first-order valence-electron chi connectivity index (χ1n) is 5.40. The molecule has 0 atom stereocenters. The van der Waals surface area contributed by atoms with Crippen molar-refractivity contribution < 1.29 is 9.59 Å². The summed E-state index contributed by atoms with van der Waals surface area (Å²) in [5, 5.41) is 8.08. The molecule has 5 nitrogen and oxygen atoms in total. The first-order valence-corrected chi connectivity index (χ1v) is 5.40. The van der Waals surface area contributed by atoms with Gasteiger partial charge in [0.2, 0.25) is 11.8 Å². The van der Waals surface area contributed by atoms with Gasteiger partial charge in [-0.05, 0) is 18.7 Å². The number of carbonyl (C=O) groups is 2. The third kappa shape index (κ3) is 4.24. The van der Waals surface area contributed by atoms with Crippen LogP contribution in [0, 0.1) is 0 Å². The number of para-hydroxylation sites is 1. The molecule has 0 radical (unpaired) electrons. The van der Waals surface area contributed by atoms with Gasteiger partial charge in [-0.15, -0.1) is 0 Å². The quantitative estimate of drug-likeness (QED) is 0.679. The summed E-state index contributed by atoms with van der Waals surface area (Å²) in [6.07, 6.45) is 0.256. The number of likely N-dealkylation sites (N-methyl/N-ethyl adjacent to an activating group) is 2. The second-order valence-electron chi connectivity index (χ2n) is 3.59. The molecule has 1 aromatic rings. The van der Waals surface area contributed by atoms with Crippen molar-refractivity contribution in [1.82, 2.24) is 10.6 Å². The number of carbonyl (C=O) groups excluding carboxylic acids is 2. The number of anilines is 1. The Kier molecular flexibility index (Phi) is 5.16. The van der Waals surface area contributed by atoms with E-state index in [0.717, 1.165) is 5.56 Å². The molecule has 0 fully saturated rings. The van der Waals surface area contributed by atoms with E-state index in [1.165, 1.54) is 0 Å². The van der Waals surface area contributed by atoms with E-state index in [0.29, 0.717) is 5.69 Å². The fourth-order valence-corrected chi connectivity index (χ4v) is 1.41. The van der Waals surface area contributed by atoms with Crippen LogP contribution in [-0.2, 0) is 16.0 Å². The summed E-state index contributed by atoms with van der Waals surface area (Å²) in [6, 6.07) is 7.27. The van der Waals surface area contributed by atoms with Gasteiger partial charge in [-0.25, -0.2) is 0 Å². The van der Waals surface area contributed by atoms with Crippen LogP contribution in [0.3, 0.4) is 0 Å². The van der Waals surface area contributed by atoms with Crippen LogP contribution in [0.15, 0.2) is 24.3 Å². The molecule has 0 spiro atoms. The summed E-state index contributed by atoms with van der Waals surface area (Å²) in [5.41, 5.74) is 1.48. The summed E-state index contributed by atoms with van der Waals surface area (Å²) < 4.78 is 0. The Morgan fingerprint density at radius 3 is 2.47 bits per heavy atom. The van der Waals surface area contributed by atoms with Crippen molar-refractivity contribution in [1.29, 1.82) is 0 Å². The molecular formula is C12H17N3O2. The number of amides is 2. The van der Waals surface area contributed by atoms with Gasteiger partial charge < -0.3 is 16.0 Å². The SMILES string of the molecule is CNCC(=O)Nc1ccccc1CC(=O)NC. The summed E-state index contributed by atoms with van der Waals surface area (Å²) >= 11 is 0. The Morgan fingerprint density at radius 2 is 1.82 bits per heavy atom. The highest BCUT2D eigenvalue weighted by molar-refractivity contribution is 5.93. The van der Waals surface area contributed by atoms with Crippen molar-refractivity contribution in [3.05, 3.63) is 29.8 Å². The zero-order chi connectivity index (χ0) is 12.7. The standard InChI is InChI=1S/C12H17N3O2/c1-13-8-12(17)15-10-6-4-3-5-9(10)7-11(16)14-2/h3-6,13H,7-8H2,1-2H3,(H,14,16)(H,15,17). The molecule has 0 unspecified atom stereocenters. The maximum absolute atomic E-state index is 11.4. The Labute approximate surface area is 101 Å². The lowest BCUT2D eigenvalue weighted by molar-refractivity contribution is -0.120. The predicted octanol–water partition coefficient (Wildman–Crippen LogP) is 0.133. The average molecular weight is 235 g/mol. The highest BCUT2D eigenvalue weighted by Crippen LogP contribution is 2.15. The van der Waals surface area contributed by atoms with Crippen molar-refractivity contribution in [3.63, 3.8) is 0 Å². The van der Waals surface area contributed by atoms with Crippen LogP contribution in [0.1, 0.15) is 5.56 Å². The summed E-state index contributed by atoms with van der Waals surface area (Å²) in [4.78, 5) is 22.8. The van der Waals surface area contributed by atoms with Gasteiger partial charge in [0.1, 0.15) is 0 Å². The van der Waals surface area contributed by atoms with Gasteiger partial charge in [0, 0.05) is 12.7 Å². The van der Waals surface area contributed by atoms with Crippen molar-refractivity contribution in [2.24, 2.45) is 0 Å². The highest BCUT2D eigenvalue weighted by Gasteiger charge is 2.08. The molecule has 0 saturated heterocycles. The molecule has 92 valence electrons.